The zero-order valence-corrected chi connectivity index (χ0v) is 11.1. The highest BCUT2D eigenvalue weighted by atomic mass is 35.5. The summed E-state index contributed by atoms with van der Waals surface area (Å²) in [6.07, 6.45) is 0.638. The Hall–Kier alpha value is -1.10. The zero-order valence-electron chi connectivity index (χ0n) is 9.62. The molecule has 2 aromatic rings. The van der Waals surface area contributed by atoms with Gasteiger partial charge in [0.2, 0.25) is 0 Å². The Morgan fingerprint density at radius 3 is 2.61 bits per heavy atom. The van der Waals surface area contributed by atoms with E-state index in [4.69, 9.17) is 23.2 Å². The molecule has 3 nitrogen and oxygen atoms in total. The molecule has 0 fully saturated rings. The maximum Gasteiger partial charge on any atom is 0.143 e. The number of aliphatic hydroxyl groups excluding tert-OH is 1. The van der Waals surface area contributed by atoms with Gasteiger partial charge >= 0.3 is 0 Å². The summed E-state index contributed by atoms with van der Waals surface area (Å²) in [5.41, 5.74) is 1.73. The number of rotatable bonds is 3. The van der Waals surface area contributed by atoms with Gasteiger partial charge in [0.05, 0.1) is 23.0 Å². The summed E-state index contributed by atoms with van der Waals surface area (Å²) < 4.78 is 14.8. The molecule has 96 valence electrons. The standard InChI is InChI=1S/C12H11Cl2FN2O/c1-2-11-8(6-18)12(14)17(16-11)7-3-4-9(13)10(15)5-7/h3-5,18H,2,6H2,1H3. The summed E-state index contributed by atoms with van der Waals surface area (Å²) >= 11 is 11.7. The van der Waals surface area contributed by atoms with Crippen LogP contribution in [0.15, 0.2) is 18.2 Å². The molecule has 0 saturated heterocycles. The fourth-order valence-electron chi connectivity index (χ4n) is 1.70. The van der Waals surface area contributed by atoms with E-state index in [-0.39, 0.29) is 16.8 Å². The quantitative estimate of drug-likeness (QED) is 0.940. The van der Waals surface area contributed by atoms with Gasteiger partial charge in [0, 0.05) is 11.6 Å². The van der Waals surface area contributed by atoms with Gasteiger partial charge in [0.15, 0.2) is 0 Å². The van der Waals surface area contributed by atoms with Gasteiger partial charge in [-0.25, -0.2) is 9.07 Å². The molecule has 0 bridgehead atoms. The van der Waals surface area contributed by atoms with Crippen LogP contribution in [0.4, 0.5) is 4.39 Å². The van der Waals surface area contributed by atoms with E-state index in [0.717, 1.165) is 0 Å². The summed E-state index contributed by atoms with van der Waals surface area (Å²) in [5, 5.41) is 13.8. The van der Waals surface area contributed by atoms with Gasteiger partial charge in [-0.05, 0) is 18.6 Å². The molecule has 2 rings (SSSR count). The molecule has 0 saturated carbocycles. The minimum absolute atomic E-state index is 0.0418. The van der Waals surface area contributed by atoms with E-state index >= 15 is 0 Å². The highest BCUT2D eigenvalue weighted by molar-refractivity contribution is 6.31. The van der Waals surface area contributed by atoms with Crippen molar-refractivity contribution in [3.05, 3.63) is 45.4 Å². The third-order valence-corrected chi connectivity index (χ3v) is 3.34. The van der Waals surface area contributed by atoms with Crippen molar-refractivity contribution in [3.8, 4) is 5.69 Å². The molecule has 0 aliphatic rings. The van der Waals surface area contributed by atoms with E-state index in [1.165, 1.54) is 16.8 Å². The first-order valence-corrected chi connectivity index (χ1v) is 6.16. The highest BCUT2D eigenvalue weighted by Crippen LogP contribution is 2.26. The van der Waals surface area contributed by atoms with Crippen molar-refractivity contribution in [1.82, 2.24) is 9.78 Å². The second-order valence-electron chi connectivity index (χ2n) is 3.74. The SMILES string of the molecule is CCc1nn(-c2ccc(Cl)c(F)c2)c(Cl)c1CO. The third kappa shape index (κ3) is 2.23. The smallest absolute Gasteiger partial charge is 0.143 e. The number of halogens is 3. The molecular weight excluding hydrogens is 278 g/mol. The third-order valence-electron chi connectivity index (χ3n) is 2.64. The maximum atomic E-state index is 13.4. The highest BCUT2D eigenvalue weighted by Gasteiger charge is 2.16. The largest absolute Gasteiger partial charge is 0.391 e. The van der Waals surface area contributed by atoms with Crippen LogP contribution in [0.25, 0.3) is 5.69 Å². The molecule has 0 radical (unpaired) electrons. The number of hydrogen-bond donors (Lipinski definition) is 1. The summed E-state index contributed by atoms with van der Waals surface area (Å²) in [6.45, 7) is 1.71. The lowest BCUT2D eigenvalue weighted by Gasteiger charge is -2.04. The fraction of sp³-hybridized carbons (Fsp3) is 0.250. The first-order chi connectivity index (χ1) is 8.58. The molecule has 0 atom stereocenters. The average molecular weight is 289 g/mol. The van der Waals surface area contributed by atoms with Crippen molar-refractivity contribution >= 4 is 23.2 Å². The Kier molecular flexibility index (Phi) is 3.90. The van der Waals surface area contributed by atoms with Crippen LogP contribution in [0.2, 0.25) is 10.2 Å². The summed E-state index contributed by atoms with van der Waals surface area (Å²) in [4.78, 5) is 0. The summed E-state index contributed by atoms with van der Waals surface area (Å²) in [7, 11) is 0. The van der Waals surface area contributed by atoms with Crippen LogP contribution in [0.5, 0.6) is 0 Å². The van der Waals surface area contributed by atoms with Gasteiger partial charge in [-0.3, -0.25) is 0 Å². The Labute approximate surface area is 114 Å². The van der Waals surface area contributed by atoms with Crippen molar-refractivity contribution in [2.75, 3.05) is 0 Å². The van der Waals surface area contributed by atoms with Crippen LogP contribution in [0.3, 0.4) is 0 Å². The monoisotopic (exact) mass is 288 g/mol. The number of nitrogens with zero attached hydrogens (tertiary/aromatic N) is 2. The molecule has 1 N–H and O–H groups in total. The van der Waals surface area contributed by atoms with Gasteiger partial charge in [-0.1, -0.05) is 30.1 Å². The lowest BCUT2D eigenvalue weighted by Crippen LogP contribution is -1.98. The first kappa shape index (κ1) is 13.3. The van der Waals surface area contributed by atoms with Crippen LogP contribution in [0, 0.1) is 5.82 Å². The van der Waals surface area contributed by atoms with E-state index in [9.17, 15) is 9.50 Å². The van der Waals surface area contributed by atoms with Gasteiger partial charge in [0.1, 0.15) is 11.0 Å². The van der Waals surface area contributed by atoms with E-state index in [1.54, 1.807) is 6.07 Å². The van der Waals surface area contributed by atoms with Crippen molar-refractivity contribution < 1.29 is 9.50 Å². The van der Waals surface area contributed by atoms with Gasteiger partial charge in [0.25, 0.3) is 0 Å². The van der Waals surface area contributed by atoms with Gasteiger partial charge in [-0.15, -0.1) is 0 Å². The van der Waals surface area contributed by atoms with Crippen LogP contribution in [-0.4, -0.2) is 14.9 Å². The average Bonchev–Trinajstić information content (AvgIpc) is 2.69. The van der Waals surface area contributed by atoms with Crippen LogP contribution >= 0.6 is 23.2 Å². The van der Waals surface area contributed by atoms with E-state index in [1.807, 2.05) is 6.92 Å². The maximum absolute atomic E-state index is 13.4. The lowest BCUT2D eigenvalue weighted by atomic mass is 10.2. The van der Waals surface area contributed by atoms with Crippen molar-refractivity contribution in [1.29, 1.82) is 0 Å². The second-order valence-corrected chi connectivity index (χ2v) is 4.50. The molecule has 0 spiro atoms. The van der Waals surface area contributed by atoms with Crippen LogP contribution in [-0.2, 0) is 13.0 Å². The van der Waals surface area contributed by atoms with E-state index in [2.05, 4.69) is 5.10 Å². The molecule has 1 heterocycles. The Morgan fingerprint density at radius 1 is 1.39 bits per heavy atom. The number of aliphatic hydroxyl groups is 1. The Morgan fingerprint density at radius 2 is 2.11 bits per heavy atom. The second kappa shape index (κ2) is 5.26. The Balaban J connectivity index is 2.56. The number of aryl methyl sites for hydroxylation is 1. The predicted molar refractivity (Wildman–Crippen MR) is 68.8 cm³/mol. The predicted octanol–water partition coefficient (Wildman–Crippen LogP) is 3.37. The fourth-order valence-corrected chi connectivity index (χ4v) is 2.12. The Bertz CT molecular complexity index is 584. The normalized spacial score (nSPS) is 10.9. The van der Waals surface area contributed by atoms with Gasteiger partial charge < -0.3 is 5.11 Å². The number of hydrogen-bond acceptors (Lipinski definition) is 2. The molecule has 0 aliphatic carbocycles. The molecule has 18 heavy (non-hydrogen) atoms. The van der Waals surface area contributed by atoms with Crippen molar-refractivity contribution in [3.63, 3.8) is 0 Å². The van der Waals surface area contributed by atoms with Crippen LogP contribution < -0.4 is 0 Å². The minimum atomic E-state index is -0.538. The molecule has 1 aromatic carbocycles. The van der Waals surface area contributed by atoms with E-state index < -0.39 is 5.82 Å². The molecule has 0 unspecified atom stereocenters. The van der Waals surface area contributed by atoms with Crippen molar-refractivity contribution in [2.24, 2.45) is 0 Å². The minimum Gasteiger partial charge on any atom is -0.391 e. The van der Waals surface area contributed by atoms with E-state index in [0.29, 0.717) is 23.4 Å². The zero-order chi connectivity index (χ0) is 13.3. The summed E-state index contributed by atoms with van der Waals surface area (Å²) in [5.74, 6) is -0.538. The first-order valence-electron chi connectivity index (χ1n) is 5.41. The van der Waals surface area contributed by atoms with Gasteiger partial charge in [-0.2, -0.15) is 5.10 Å². The number of aromatic nitrogens is 2. The topological polar surface area (TPSA) is 38.0 Å². The molecule has 1 aromatic heterocycles. The lowest BCUT2D eigenvalue weighted by molar-refractivity contribution is 0.281. The molecule has 6 heteroatoms. The van der Waals surface area contributed by atoms with Crippen LogP contribution in [0.1, 0.15) is 18.2 Å². The molecule has 0 amide bonds. The number of benzene rings is 1. The van der Waals surface area contributed by atoms with Crippen molar-refractivity contribution in [2.45, 2.75) is 20.0 Å². The molecular formula is C12H11Cl2FN2O. The molecule has 0 aliphatic heterocycles. The summed E-state index contributed by atoms with van der Waals surface area (Å²) in [6, 6.07) is 4.31.